The first-order valence-electron chi connectivity index (χ1n) is 11.1. The van der Waals surface area contributed by atoms with Crippen LogP contribution in [0.15, 0.2) is 54.6 Å². The number of carbonyl (C=O) groups is 2. The van der Waals surface area contributed by atoms with Crippen molar-refractivity contribution in [3.8, 4) is 11.3 Å². The van der Waals surface area contributed by atoms with Crippen LogP contribution in [0.5, 0.6) is 0 Å². The number of amides is 2. The largest absolute Gasteiger partial charge is 0.365 e. The predicted molar refractivity (Wildman–Crippen MR) is 134 cm³/mol. The molecule has 5 nitrogen and oxygen atoms in total. The van der Waals surface area contributed by atoms with Crippen LogP contribution >= 0.6 is 11.3 Å². The molecule has 0 radical (unpaired) electrons. The lowest BCUT2D eigenvalue weighted by Gasteiger charge is -2.18. The molecular formula is C27H25N3O2S. The van der Waals surface area contributed by atoms with Crippen LogP contribution in [-0.4, -0.2) is 16.8 Å². The Morgan fingerprint density at radius 1 is 1.12 bits per heavy atom. The molecule has 2 heterocycles. The number of anilines is 1. The molecule has 0 aliphatic heterocycles. The molecule has 0 spiro atoms. The molecule has 166 valence electrons. The number of aryl methyl sites for hydroxylation is 1. The van der Waals surface area contributed by atoms with Gasteiger partial charge in [-0.1, -0.05) is 48.9 Å². The van der Waals surface area contributed by atoms with Crippen molar-refractivity contribution in [1.82, 2.24) is 4.98 Å². The van der Waals surface area contributed by atoms with Gasteiger partial charge in [0, 0.05) is 15.8 Å². The highest BCUT2D eigenvalue weighted by atomic mass is 32.1. The number of fused-ring (bicyclic) bond motifs is 2. The van der Waals surface area contributed by atoms with E-state index in [-0.39, 0.29) is 5.91 Å². The molecule has 1 aliphatic rings. The average molecular weight is 456 g/mol. The SMILES string of the molecule is Cc1cccc(-c2cc(C(=O)Nc3sc4c(c3C(N)=O)CC[C@@H](C)C4)c3ccccc3n2)c1. The quantitative estimate of drug-likeness (QED) is 0.411. The molecule has 0 saturated carbocycles. The number of primary amides is 1. The molecule has 0 bridgehead atoms. The zero-order valence-corrected chi connectivity index (χ0v) is 19.5. The van der Waals surface area contributed by atoms with E-state index in [1.54, 1.807) is 0 Å². The summed E-state index contributed by atoms with van der Waals surface area (Å²) in [5.41, 5.74) is 11.3. The van der Waals surface area contributed by atoms with Crippen LogP contribution in [0.2, 0.25) is 0 Å². The third kappa shape index (κ3) is 4.02. The number of benzene rings is 2. The van der Waals surface area contributed by atoms with Gasteiger partial charge in [-0.2, -0.15) is 0 Å². The van der Waals surface area contributed by atoms with E-state index >= 15 is 0 Å². The lowest BCUT2D eigenvalue weighted by molar-refractivity contribution is 0.1000. The summed E-state index contributed by atoms with van der Waals surface area (Å²) in [4.78, 5) is 31.8. The number of hydrogen-bond donors (Lipinski definition) is 2. The number of hydrogen-bond acceptors (Lipinski definition) is 4. The summed E-state index contributed by atoms with van der Waals surface area (Å²) in [6.45, 7) is 4.24. The summed E-state index contributed by atoms with van der Waals surface area (Å²) in [6, 6.07) is 17.5. The number of thiophene rings is 1. The van der Waals surface area contributed by atoms with Gasteiger partial charge in [-0.15, -0.1) is 11.3 Å². The van der Waals surface area contributed by atoms with Gasteiger partial charge in [0.2, 0.25) is 0 Å². The second-order valence-corrected chi connectivity index (χ2v) is 9.92. The molecule has 5 rings (SSSR count). The van der Waals surface area contributed by atoms with Gasteiger partial charge in [-0.3, -0.25) is 9.59 Å². The van der Waals surface area contributed by atoms with E-state index in [1.165, 1.54) is 11.3 Å². The van der Waals surface area contributed by atoms with E-state index in [9.17, 15) is 9.59 Å². The first kappa shape index (κ1) is 21.3. The van der Waals surface area contributed by atoms with E-state index in [1.807, 2.05) is 55.5 Å². The van der Waals surface area contributed by atoms with Crippen molar-refractivity contribution in [3.63, 3.8) is 0 Å². The Morgan fingerprint density at radius 2 is 1.94 bits per heavy atom. The van der Waals surface area contributed by atoms with Crippen LogP contribution in [0, 0.1) is 12.8 Å². The van der Waals surface area contributed by atoms with Gasteiger partial charge in [-0.05, 0) is 55.9 Å². The average Bonchev–Trinajstić information content (AvgIpc) is 3.15. The maximum absolute atomic E-state index is 13.5. The first-order valence-corrected chi connectivity index (χ1v) is 11.9. The lowest BCUT2D eigenvalue weighted by atomic mass is 9.88. The fraction of sp³-hybridized carbons (Fsp3) is 0.222. The van der Waals surface area contributed by atoms with Gasteiger partial charge in [0.15, 0.2) is 0 Å². The summed E-state index contributed by atoms with van der Waals surface area (Å²) in [6.07, 6.45) is 2.74. The van der Waals surface area contributed by atoms with Crippen LogP contribution in [-0.2, 0) is 12.8 Å². The summed E-state index contributed by atoms with van der Waals surface area (Å²) >= 11 is 1.48. The number of nitrogens with one attached hydrogen (secondary N) is 1. The molecule has 1 aliphatic carbocycles. The second kappa shape index (κ2) is 8.45. The van der Waals surface area contributed by atoms with E-state index in [2.05, 4.69) is 18.3 Å². The van der Waals surface area contributed by atoms with Crippen molar-refractivity contribution in [2.75, 3.05) is 5.32 Å². The number of para-hydroxylation sites is 1. The van der Waals surface area contributed by atoms with Gasteiger partial charge >= 0.3 is 0 Å². The van der Waals surface area contributed by atoms with Crippen molar-refractivity contribution >= 4 is 39.1 Å². The Morgan fingerprint density at radius 3 is 2.73 bits per heavy atom. The smallest absolute Gasteiger partial charge is 0.257 e. The van der Waals surface area contributed by atoms with Crippen LogP contribution in [0.3, 0.4) is 0 Å². The van der Waals surface area contributed by atoms with Crippen LogP contribution in [0.25, 0.3) is 22.2 Å². The minimum Gasteiger partial charge on any atom is -0.365 e. The predicted octanol–water partition coefficient (Wildman–Crippen LogP) is 5.75. The summed E-state index contributed by atoms with van der Waals surface area (Å²) in [7, 11) is 0. The summed E-state index contributed by atoms with van der Waals surface area (Å²) in [5, 5.41) is 4.33. The molecule has 2 aromatic heterocycles. The number of nitrogens with two attached hydrogens (primary N) is 1. The monoisotopic (exact) mass is 455 g/mol. The minimum absolute atomic E-state index is 0.267. The Balaban J connectivity index is 1.59. The standard InChI is InChI=1S/C27H25N3O2S/c1-15-6-5-7-17(12-15)22-14-20(18-8-3-4-9-21(18)29-22)26(32)30-27-24(25(28)31)19-11-10-16(2)13-23(19)33-27/h3-9,12,14,16H,10-11,13H2,1-2H3,(H2,28,31)(H,30,32)/t16-/m1/s1. The van der Waals surface area contributed by atoms with Crippen LogP contribution < -0.4 is 11.1 Å². The van der Waals surface area contributed by atoms with Crippen molar-refractivity contribution in [1.29, 1.82) is 0 Å². The van der Waals surface area contributed by atoms with Gasteiger partial charge in [0.1, 0.15) is 5.00 Å². The van der Waals surface area contributed by atoms with Crippen molar-refractivity contribution in [3.05, 3.63) is 81.7 Å². The van der Waals surface area contributed by atoms with Gasteiger partial charge in [0.25, 0.3) is 11.8 Å². The van der Waals surface area contributed by atoms with E-state index in [4.69, 9.17) is 10.7 Å². The topological polar surface area (TPSA) is 85.1 Å². The Bertz CT molecular complexity index is 1410. The molecule has 1 atom stereocenters. The normalized spacial score (nSPS) is 15.3. The Hall–Kier alpha value is -3.51. The minimum atomic E-state index is -0.489. The summed E-state index contributed by atoms with van der Waals surface area (Å²) in [5.74, 6) is -0.199. The van der Waals surface area contributed by atoms with Crippen molar-refractivity contribution in [2.45, 2.75) is 33.1 Å². The highest BCUT2D eigenvalue weighted by Crippen LogP contribution is 2.40. The van der Waals surface area contributed by atoms with E-state index in [0.29, 0.717) is 22.0 Å². The Kier molecular flexibility index (Phi) is 5.46. The molecule has 6 heteroatoms. The number of nitrogens with zero attached hydrogens (tertiary/aromatic N) is 1. The third-order valence-corrected chi connectivity index (χ3v) is 7.43. The van der Waals surface area contributed by atoms with Gasteiger partial charge in [0.05, 0.1) is 22.3 Å². The van der Waals surface area contributed by atoms with E-state index < -0.39 is 5.91 Å². The second-order valence-electron chi connectivity index (χ2n) is 8.82. The number of pyridine rings is 1. The fourth-order valence-corrected chi connectivity index (χ4v) is 6.00. The maximum Gasteiger partial charge on any atom is 0.257 e. The maximum atomic E-state index is 13.5. The molecule has 3 N–H and O–H groups in total. The molecular weight excluding hydrogens is 430 g/mol. The molecule has 33 heavy (non-hydrogen) atoms. The molecule has 2 amide bonds. The fourth-order valence-electron chi connectivity index (χ4n) is 4.59. The van der Waals surface area contributed by atoms with Crippen LogP contribution in [0.4, 0.5) is 5.00 Å². The zero-order valence-electron chi connectivity index (χ0n) is 18.6. The zero-order chi connectivity index (χ0) is 23.1. The Labute approximate surface area is 196 Å². The van der Waals surface area contributed by atoms with Gasteiger partial charge < -0.3 is 11.1 Å². The van der Waals surface area contributed by atoms with Crippen molar-refractivity contribution < 1.29 is 9.59 Å². The first-order chi connectivity index (χ1) is 15.9. The molecule has 0 fully saturated rings. The van der Waals surface area contributed by atoms with Crippen LogP contribution in [0.1, 0.15) is 50.1 Å². The lowest BCUT2D eigenvalue weighted by Crippen LogP contribution is -2.19. The summed E-state index contributed by atoms with van der Waals surface area (Å²) < 4.78 is 0. The molecule has 0 saturated heterocycles. The number of rotatable bonds is 4. The van der Waals surface area contributed by atoms with Gasteiger partial charge in [-0.25, -0.2) is 4.98 Å². The highest BCUT2D eigenvalue weighted by Gasteiger charge is 2.27. The molecule has 0 unspecified atom stereocenters. The van der Waals surface area contributed by atoms with Crippen molar-refractivity contribution in [2.24, 2.45) is 11.7 Å². The van der Waals surface area contributed by atoms with E-state index in [0.717, 1.165) is 57.4 Å². The molecule has 2 aromatic carbocycles. The highest BCUT2D eigenvalue weighted by molar-refractivity contribution is 7.17. The molecule has 4 aromatic rings. The number of aromatic nitrogens is 1. The third-order valence-electron chi connectivity index (χ3n) is 6.26. The number of carbonyl (C=O) groups excluding carboxylic acids is 2.